The van der Waals surface area contributed by atoms with E-state index in [0.29, 0.717) is 0 Å². The van der Waals surface area contributed by atoms with Crippen molar-refractivity contribution in [3.8, 4) is 0 Å². The van der Waals surface area contributed by atoms with Gasteiger partial charge < -0.3 is 9.80 Å². The van der Waals surface area contributed by atoms with E-state index in [1.807, 2.05) is 0 Å². The second-order valence-corrected chi connectivity index (χ2v) is 6.49. The molecule has 3 rings (SSSR count). The van der Waals surface area contributed by atoms with E-state index < -0.39 is 0 Å². The Morgan fingerprint density at radius 2 is 1.61 bits per heavy atom. The maximum Gasteiger partial charge on any atom is 0.0942 e. The fourth-order valence-electron chi connectivity index (χ4n) is 3.32. The van der Waals surface area contributed by atoms with Crippen LogP contribution in [-0.2, 0) is 0 Å². The summed E-state index contributed by atoms with van der Waals surface area (Å²) in [7, 11) is 0. The van der Waals surface area contributed by atoms with Gasteiger partial charge in [0.2, 0.25) is 0 Å². The molecule has 2 aromatic rings. The molecule has 1 heterocycles. The maximum absolute atomic E-state index is 2.43. The lowest BCUT2D eigenvalue weighted by atomic mass is 10.1. The lowest BCUT2D eigenvalue weighted by Crippen LogP contribution is -2.25. The molecule has 0 saturated carbocycles. The zero-order chi connectivity index (χ0) is 15.9. The Kier molecular flexibility index (Phi) is 5.57. The summed E-state index contributed by atoms with van der Waals surface area (Å²) in [6.45, 7) is 4.42. The number of anilines is 1. The Balaban J connectivity index is 1.53. The Hall–Kier alpha value is -1.96. The van der Waals surface area contributed by atoms with Gasteiger partial charge in [0, 0.05) is 24.3 Å². The van der Waals surface area contributed by atoms with Crippen LogP contribution in [0, 0.1) is 0 Å². The highest BCUT2D eigenvalue weighted by Crippen LogP contribution is 2.28. The van der Waals surface area contributed by atoms with E-state index in [1.54, 1.807) is 0 Å². The zero-order valence-electron chi connectivity index (χ0n) is 14.2. The average molecular weight is 308 g/mol. The van der Waals surface area contributed by atoms with Crippen molar-refractivity contribution in [2.75, 3.05) is 18.1 Å². The first kappa shape index (κ1) is 15.9. The molecule has 1 aliphatic rings. The third-order valence-corrected chi connectivity index (χ3v) is 4.67. The molecule has 0 aromatic heterocycles. The Morgan fingerprint density at radius 3 is 2.52 bits per heavy atom. The summed E-state index contributed by atoms with van der Waals surface area (Å²) >= 11 is 0. The monoisotopic (exact) mass is 308 g/mol. The van der Waals surface area contributed by atoms with Gasteiger partial charge in [-0.15, -0.1) is 0 Å². The minimum absolute atomic E-state index is 0.975. The molecule has 0 unspecified atom stereocenters. The predicted molar refractivity (Wildman–Crippen MR) is 101 cm³/mol. The van der Waals surface area contributed by atoms with Gasteiger partial charge in [0.05, 0.1) is 12.4 Å². The molecule has 122 valence electrons. The molecular weight excluding hydrogens is 280 g/mol. The van der Waals surface area contributed by atoms with Crippen LogP contribution >= 0.6 is 0 Å². The zero-order valence-corrected chi connectivity index (χ0v) is 14.2. The van der Waals surface area contributed by atoms with Gasteiger partial charge in [0.1, 0.15) is 0 Å². The highest BCUT2D eigenvalue weighted by atomic mass is 15.3. The van der Waals surface area contributed by atoms with E-state index in [-0.39, 0.29) is 0 Å². The van der Waals surface area contributed by atoms with Crippen molar-refractivity contribution in [2.45, 2.75) is 45.4 Å². The first-order valence-corrected chi connectivity index (χ1v) is 9.05. The molecule has 2 nitrogen and oxygen atoms in total. The normalized spacial score (nSPS) is 14.1. The van der Waals surface area contributed by atoms with Gasteiger partial charge in [-0.25, -0.2) is 0 Å². The Morgan fingerprint density at radius 1 is 0.826 bits per heavy atom. The molecule has 0 radical (unpaired) electrons. The fourth-order valence-corrected chi connectivity index (χ4v) is 3.32. The van der Waals surface area contributed by atoms with E-state index in [2.05, 4.69) is 71.6 Å². The predicted octanol–water partition coefficient (Wildman–Crippen LogP) is 5.75. The van der Waals surface area contributed by atoms with Crippen molar-refractivity contribution in [3.05, 3.63) is 54.9 Å². The minimum Gasteiger partial charge on any atom is -0.358 e. The van der Waals surface area contributed by atoms with Crippen LogP contribution in [0.25, 0.3) is 10.8 Å². The van der Waals surface area contributed by atoms with Crippen molar-refractivity contribution in [3.63, 3.8) is 0 Å². The molecule has 23 heavy (non-hydrogen) atoms. The number of hydrogen-bond acceptors (Lipinski definition) is 2. The lowest BCUT2D eigenvalue weighted by molar-refractivity contribution is 0.388. The number of nitrogens with zero attached hydrogens (tertiary/aromatic N) is 2. The summed E-state index contributed by atoms with van der Waals surface area (Å²) in [5, 5.41) is 2.65. The van der Waals surface area contributed by atoms with Crippen molar-refractivity contribution in [2.24, 2.45) is 0 Å². The van der Waals surface area contributed by atoms with Crippen LogP contribution in [0.2, 0.25) is 0 Å². The van der Waals surface area contributed by atoms with E-state index in [4.69, 9.17) is 0 Å². The van der Waals surface area contributed by atoms with Gasteiger partial charge in [0.15, 0.2) is 0 Å². The molecule has 1 aliphatic heterocycles. The molecule has 0 fully saturated rings. The van der Waals surface area contributed by atoms with Crippen LogP contribution in [-0.4, -0.2) is 18.1 Å². The average Bonchev–Trinajstić information content (AvgIpc) is 3.06. The number of benzene rings is 2. The highest BCUT2D eigenvalue weighted by molar-refractivity contribution is 5.94. The Bertz CT molecular complexity index is 642. The molecule has 0 atom stereocenters. The van der Waals surface area contributed by atoms with Crippen molar-refractivity contribution in [1.29, 1.82) is 0 Å². The molecule has 2 heteroatoms. The lowest BCUT2D eigenvalue weighted by Gasteiger charge is -2.22. The van der Waals surface area contributed by atoms with Gasteiger partial charge >= 0.3 is 0 Å². The molecule has 0 amide bonds. The van der Waals surface area contributed by atoms with Gasteiger partial charge in [-0.05, 0) is 17.9 Å². The summed E-state index contributed by atoms with van der Waals surface area (Å²) in [5.41, 5.74) is 1.31. The van der Waals surface area contributed by atoms with Crippen molar-refractivity contribution >= 4 is 16.5 Å². The van der Waals surface area contributed by atoms with Crippen LogP contribution in [0.1, 0.15) is 45.4 Å². The molecular formula is C21H28N2. The summed E-state index contributed by atoms with van der Waals surface area (Å²) in [6, 6.07) is 15.2. The molecule has 2 aromatic carbocycles. The third kappa shape index (κ3) is 4.07. The number of rotatable bonds is 8. The van der Waals surface area contributed by atoms with E-state index in [9.17, 15) is 0 Å². The number of unbranched alkanes of at least 4 members (excludes halogenated alkanes) is 5. The van der Waals surface area contributed by atoms with Gasteiger partial charge in [-0.2, -0.15) is 0 Å². The van der Waals surface area contributed by atoms with Crippen LogP contribution < -0.4 is 4.90 Å². The minimum atomic E-state index is 0.975. The fraction of sp³-hybridized carbons (Fsp3) is 0.429. The topological polar surface area (TPSA) is 6.48 Å². The van der Waals surface area contributed by atoms with E-state index in [1.165, 1.54) is 61.5 Å². The van der Waals surface area contributed by atoms with Crippen LogP contribution in [0.5, 0.6) is 0 Å². The second-order valence-electron chi connectivity index (χ2n) is 6.49. The van der Waals surface area contributed by atoms with E-state index in [0.717, 1.165) is 6.67 Å². The standard InChI is InChI=1S/C21H28N2/c1-2-3-4-5-6-9-15-22-16-17-23(18-22)21-14-10-12-19-11-7-8-13-20(19)21/h7-8,10-14,16-17H,2-6,9,15,18H2,1H3. The van der Waals surface area contributed by atoms with Crippen LogP contribution in [0.4, 0.5) is 5.69 Å². The summed E-state index contributed by atoms with van der Waals surface area (Å²) < 4.78 is 0. The van der Waals surface area contributed by atoms with Crippen molar-refractivity contribution in [1.82, 2.24) is 4.90 Å². The van der Waals surface area contributed by atoms with Gasteiger partial charge in [-0.3, -0.25) is 0 Å². The molecule has 0 N–H and O–H groups in total. The van der Waals surface area contributed by atoms with E-state index >= 15 is 0 Å². The second kappa shape index (κ2) is 8.05. The summed E-state index contributed by atoms with van der Waals surface area (Å²) in [6.07, 6.45) is 12.6. The van der Waals surface area contributed by atoms with Crippen LogP contribution in [0.3, 0.4) is 0 Å². The Labute approximate surface area is 140 Å². The molecule has 0 spiro atoms. The van der Waals surface area contributed by atoms with Crippen LogP contribution in [0.15, 0.2) is 54.9 Å². The summed E-state index contributed by atoms with van der Waals surface area (Å²) in [4.78, 5) is 4.79. The molecule has 0 bridgehead atoms. The highest BCUT2D eigenvalue weighted by Gasteiger charge is 2.15. The first-order valence-electron chi connectivity index (χ1n) is 9.05. The molecule has 0 saturated heterocycles. The SMILES string of the molecule is CCCCCCCCN1C=CN(c2cccc3ccccc23)C1. The molecule has 0 aliphatic carbocycles. The largest absolute Gasteiger partial charge is 0.358 e. The number of fused-ring (bicyclic) bond motifs is 1. The van der Waals surface area contributed by atoms with Gasteiger partial charge in [-0.1, -0.05) is 75.4 Å². The van der Waals surface area contributed by atoms with Crippen molar-refractivity contribution < 1.29 is 0 Å². The first-order chi connectivity index (χ1) is 11.4. The third-order valence-electron chi connectivity index (χ3n) is 4.67. The van der Waals surface area contributed by atoms with Gasteiger partial charge in [0.25, 0.3) is 0 Å². The quantitative estimate of drug-likeness (QED) is 0.573. The smallest absolute Gasteiger partial charge is 0.0942 e. The maximum atomic E-state index is 2.43. The number of hydrogen-bond donors (Lipinski definition) is 0. The summed E-state index contributed by atoms with van der Waals surface area (Å²) in [5.74, 6) is 0.